The van der Waals surface area contributed by atoms with E-state index in [2.05, 4.69) is 9.97 Å². The fourth-order valence-corrected chi connectivity index (χ4v) is 1.28. The van der Waals surface area contributed by atoms with Crippen molar-refractivity contribution in [2.45, 2.75) is 6.54 Å². The SMILES string of the molecule is NCc1c(F)cccc1Oc1cnccn1. The van der Waals surface area contributed by atoms with Gasteiger partial charge in [-0.15, -0.1) is 0 Å². The number of aromatic nitrogens is 2. The molecule has 0 unspecified atom stereocenters. The Balaban J connectivity index is 2.31. The summed E-state index contributed by atoms with van der Waals surface area (Å²) in [6.07, 6.45) is 4.48. The van der Waals surface area contributed by atoms with Gasteiger partial charge in [0.2, 0.25) is 5.88 Å². The molecule has 2 aromatic rings. The van der Waals surface area contributed by atoms with Crippen LogP contribution in [0.3, 0.4) is 0 Å². The Labute approximate surface area is 91.9 Å². The Bertz CT molecular complexity index is 476. The highest BCUT2D eigenvalue weighted by molar-refractivity contribution is 5.36. The number of rotatable bonds is 3. The van der Waals surface area contributed by atoms with E-state index < -0.39 is 0 Å². The van der Waals surface area contributed by atoms with E-state index in [4.69, 9.17) is 10.5 Å². The third kappa shape index (κ3) is 2.14. The molecule has 82 valence electrons. The van der Waals surface area contributed by atoms with Gasteiger partial charge in [0.05, 0.1) is 6.20 Å². The molecular formula is C11H10FN3O. The number of benzene rings is 1. The van der Waals surface area contributed by atoms with Crippen LogP contribution in [0, 0.1) is 5.82 Å². The lowest BCUT2D eigenvalue weighted by Gasteiger charge is -2.08. The van der Waals surface area contributed by atoms with Gasteiger partial charge in [0.1, 0.15) is 11.6 Å². The molecule has 0 radical (unpaired) electrons. The normalized spacial score (nSPS) is 10.1. The second-order valence-corrected chi connectivity index (χ2v) is 3.07. The van der Waals surface area contributed by atoms with Gasteiger partial charge in [0, 0.05) is 24.5 Å². The fraction of sp³-hybridized carbons (Fsp3) is 0.0909. The van der Waals surface area contributed by atoms with Crippen LogP contribution >= 0.6 is 0 Å². The lowest BCUT2D eigenvalue weighted by atomic mass is 10.2. The van der Waals surface area contributed by atoms with E-state index in [0.717, 1.165) is 0 Å². The molecule has 1 aromatic carbocycles. The van der Waals surface area contributed by atoms with E-state index in [9.17, 15) is 4.39 Å². The molecule has 5 heteroatoms. The molecule has 1 heterocycles. The third-order valence-electron chi connectivity index (χ3n) is 2.03. The quantitative estimate of drug-likeness (QED) is 0.855. The van der Waals surface area contributed by atoms with E-state index in [1.165, 1.54) is 24.7 Å². The van der Waals surface area contributed by atoms with E-state index in [1.807, 2.05) is 0 Å². The lowest BCUT2D eigenvalue weighted by Crippen LogP contribution is -2.03. The van der Waals surface area contributed by atoms with E-state index in [-0.39, 0.29) is 12.4 Å². The van der Waals surface area contributed by atoms with Crippen molar-refractivity contribution in [3.8, 4) is 11.6 Å². The van der Waals surface area contributed by atoms with Crippen LogP contribution < -0.4 is 10.5 Å². The summed E-state index contributed by atoms with van der Waals surface area (Å²) < 4.78 is 18.7. The number of hydrogen-bond acceptors (Lipinski definition) is 4. The van der Waals surface area contributed by atoms with Gasteiger partial charge >= 0.3 is 0 Å². The summed E-state index contributed by atoms with van der Waals surface area (Å²) in [7, 11) is 0. The maximum Gasteiger partial charge on any atom is 0.237 e. The number of hydrogen-bond donors (Lipinski definition) is 1. The molecule has 0 bridgehead atoms. The van der Waals surface area contributed by atoms with Crippen molar-refractivity contribution in [3.05, 3.63) is 48.2 Å². The number of nitrogens with two attached hydrogens (primary N) is 1. The van der Waals surface area contributed by atoms with Gasteiger partial charge in [0.25, 0.3) is 0 Å². The van der Waals surface area contributed by atoms with Crippen LogP contribution in [-0.4, -0.2) is 9.97 Å². The molecular weight excluding hydrogens is 209 g/mol. The first kappa shape index (κ1) is 10.5. The number of halogens is 1. The van der Waals surface area contributed by atoms with Gasteiger partial charge in [-0.3, -0.25) is 4.98 Å². The number of ether oxygens (including phenoxy) is 1. The molecule has 4 nitrogen and oxygen atoms in total. The summed E-state index contributed by atoms with van der Waals surface area (Å²) in [6.45, 7) is 0.0717. The maximum atomic E-state index is 13.4. The topological polar surface area (TPSA) is 61.0 Å². The molecule has 0 saturated carbocycles. The van der Waals surface area contributed by atoms with Gasteiger partial charge in [-0.05, 0) is 12.1 Å². The Morgan fingerprint density at radius 1 is 1.31 bits per heavy atom. The second-order valence-electron chi connectivity index (χ2n) is 3.07. The number of nitrogens with zero attached hydrogens (tertiary/aromatic N) is 2. The van der Waals surface area contributed by atoms with Crippen molar-refractivity contribution in [2.24, 2.45) is 5.73 Å². The molecule has 0 spiro atoms. The van der Waals surface area contributed by atoms with Gasteiger partial charge in [-0.1, -0.05) is 6.07 Å². The minimum atomic E-state index is -0.385. The van der Waals surface area contributed by atoms with Crippen LogP contribution in [0.2, 0.25) is 0 Å². The highest BCUT2D eigenvalue weighted by Crippen LogP contribution is 2.24. The van der Waals surface area contributed by atoms with E-state index in [1.54, 1.807) is 12.1 Å². The highest BCUT2D eigenvalue weighted by Gasteiger charge is 2.08. The summed E-state index contributed by atoms with van der Waals surface area (Å²) in [5.41, 5.74) is 5.78. The predicted molar refractivity (Wildman–Crippen MR) is 56.4 cm³/mol. The van der Waals surface area contributed by atoms with Crippen molar-refractivity contribution in [2.75, 3.05) is 0 Å². The van der Waals surface area contributed by atoms with Crippen molar-refractivity contribution in [1.82, 2.24) is 9.97 Å². The summed E-state index contributed by atoms with van der Waals surface area (Å²) in [5.74, 6) is 0.287. The Kier molecular flexibility index (Phi) is 3.07. The van der Waals surface area contributed by atoms with Crippen LogP contribution in [0.5, 0.6) is 11.6 Å². The van der Waals surface area contributed by atoms with E-state index in [0.29, 0.717) is 17.2 Å². The summed E-state index contributed by atoms with van der Waals surface area (Å²) in [5, 5.41) is 0. The minimum Gasteiger partial charge on any atom is -0.437 e. The van der Waals surface area contributed by atoms with Crippen molar-refractivity contribution in [1.29, 1.82) is 0 Å². The van der Waals surface area contributed by atoms with Crippen molar-refractivity contribution < 1.29 is 9.13 Å². The molecule has 0 saturated heterocycles. The molecule has 2 N–H and O–H groups in total. The van der Waals surface area contributed by atoms with E-state index >= 15 is 0 Å². The van der Waals surface area contributed by atoms with Crippen LogP contribution in [0.4, 0.5) is 4.39 Å². The smallest absolute Gasteiger partial charge is 0.237 e. The summed E-state index contributed by atoms with van der Waals surface area (Å²) >= 11 is 0. The Morgan fingerprint density at radius 2 is 2.19 bits per heavy atom. The zero-order valence-electron chi connectivity index (χ0n) is 8.43. The predicted octanol–water partition coefficient (Wildman–Crippen LogP) is 1.87. The van der Waals surface area contributed by atoms with Gasteiger partial charge in [-0.2, -0.15) is 0 Å². The molecule has 0 fully saturated rings. The molecule has 1 aromatic heterocycles. The minimum absolute atomic E-state index is 0.0717. The molecule has 16 heavy (non-hydrogen) atoms. The largest absolute Gasteiger partial charge is 0.437 e. The van der Waals surface area contributed by atoms with Gasteiger partial charge in [-0.25, -0.2) is 9.37 Å². The average Bonchev–Trinajstić information content (AvgIpc) is 2.31. The molecule has 0 amide bonds. The fourth-order valence-electron chi connectivity index (χ4n) is 1.28. The molecule has 0 aliphatic rings. The zero-order chi connectivity index (χ0) is 11.4. The third-order valence-corrected chi connectivity index (χ3v) is 2.03. The van der Waals surface area contributed by atoms with Crippen LogP contribution in [-0.2, 0) is 6.54 Å². The lowest BCUT2D eigenvalue weighted by molar-refractivity contribution is 0.447. The van der Waals surface area contributed by atoms with Crippen molar-refractivity contribution in [3.63, 3.8) is 0 Å². The standard InChI is InChI=1S/C11H10FN3O/c12-9-2-1-3-10(8(9)6-13)16-11-7-14-4-5-15-11/h1-5,7H,6,13H2. The van der Waals surface area contributed by atoms with Crippen LogP contribution in [0.1, 0.15) is 5.56 Å². The zero-order valence-corrected chi connectivity index (χ0v) is 8.43. The van der Waals surface area contributed by atoms with Crippen LogP contribution in [0.15, 0.2) is 36.8 Å². The summed E-state index contributed by atoms with van der Waals surface area (Å²) in [6, 6.07) is 4.53. The first-order chi connectivity index (χ1) is 7.81. The van der Waals surface area contributed by atoms with Gasteiger partial charge < -0.3 is 10.5 Å². The average molecular weight is 219 g/mol. The first-order valence-corrected chi connectivity index (χ1v) is 4.72. The molecule has 0 aliphatic heterocycles. The first-order valence-electron chi connectivity index (χ1n) is 4.72. The highest BCUT2D eigenvalue weighted by atomic mass is 19.1. The van der Waals surface area contributed by atoms with Crippen LogP contribution in [0.25, 0.3) is 0 Å². The van der Waals surface area contributed by atoms with Gasteiger partial charge in [0.15, 0.2) is 0 Å². The summed E-state index contributed by atoms with van der Waals surface area (Å²) in [4.78, 5) is 7.78. The monoisotopic (exact) mass is 219 g/mol. The maximum absolute atomic E-state index is 13.4. The molecule has 0 atom stereocenters. The Morgan fingerprint density at radius 3 is 2.88 bits per heavy atom. The second kappa shape index (κ2) is 4.67. The Hall–Kier alpha value is -2.01. The molecule has 0 aliphatic carbocycles. The van der Waals surface area contributed by atoms with Crippen molar-refractivity contribution >= 4 is 0 Å². The molecule has 2 rings (SSSR count).